The van der Waals surface area contributed by atoms with Crippen molar-refractivity contribution in [1.29, 1.82) is 0 Å². The lowest BCUT2D eigenvalue weighted by molar-refractivity contribution is 0.985. The van der Waals surface area contributed by atoms with Crippen molar-refractivity contribution in [2.75, 3.05) is 0 Å². The minimum Gasteiger partial charge on any atom is -0.335 e. The highest BCUT2D eigenvalue weighted by Crippen LogP contribution is 2.16. The molecule has 0 saturated heterocycles. The summed E-state index contributed by atoms with van der Waals surface area (Å²) in [7, 11) is 0. The highest BCUT2D eigenvalue weighted by molar-refractivity contribution is 5.74. The summed E-state index contributed by atoms with van der Waals surface area (Å²) in [6, 6.07) is 6.85. The molecule has 0 saturated carbocycles. The van der Waals surface area contributed by atoms with Crippen LogP contribution in [0.2, 0.25) is 0 Å². The van der Waals surface area contributed by atoms with Gasteiger partial charge in [0.15, 0.2) is 11.5 Å². The lowest BCUT2D eigenvalue weighted by Crippen LogP contribution is -2.05. The fraction of sp³-hybridized carbons (Fsp3) is 0.0909. The predicted molar refractivity (Wildman–Crippen MR) is 62.5 cm³/mol. The first-order valence-corrected chi connectivity index (χ1v) is 5.12. The van der Waals surface area contributed by atoms with Gasteiger partial charge in [0.2, 0.25) is 0 Å². The molecular formula is C11H9N5O. The molecule has 0 aliphatic carbocycles. The molecule has 0 unspecified atom stereocenters. The van der Waals surface area contributed by atoms with Crippen LogP contribution in [-0.2, 0) is 0 Å². The number of rotatable bonds is 1. The van der Waals surface area contributed by atoms with E-state index in [-0.39, 0.29) is 5.56 Å². The minimum atomic E-state index is -0.237. The quantitative estimate of drug-likeness (QED) is 0.649. The summed E-state index contributed by atoms with van der Waals surface area (Å²) in [5.41, 5.74) is 2.75. The number of aromatic amines is 2. The molecule has 0 aliphatic heterocycles. The lowest BCUT2D eigenvalue weighted by atomic mass is 10.3. The van der Waals surface area contributed by atoms with E-state index in [0.29, 0.717) is 17.2 Å². The molecule has 3 heterocycles. The van der Waals surface area contributed by atoms with Gasteiger partial charge in [0, 0.05) is 11.8 Å². The van der Waals surface area contributed by atoms with Gasteiger partial charge in [-0.1, -0.05) is 0 Å². The second-order valence-electron chi connectivity index (χ2n) is 3.72. The highest BCUT2D eigenvalue weighted by Gasteiger charge is 2.07. The zero-order valence-electron chi connectivity index (χ0n) is 9.06. The van der Waals surface area contributed by atoms with Gasteiger partial charge in [-0.3, -0.25) is 4.79 Å². The first-order valence-electron chi connectivity index (χ1n) is 5.12. The summed E-state index contributed by atoms with van der Waals surface area (Å²) >= 11 is 0. The Hall–Kier alpha value is -2.50. The Morgan fingerprint density at radius 3 is 2.76 bits per heavy atom. The number of hydrogen-bond acceptors (Lipinski definition) is 4. The zero-order chi connectivity index (χ0) is 11.8. The molecule has 6 heteroatoms. The SMILES string of the molecule is Cc1ccc2[nH]c(-c3ccc(=O)[nH]n3)nc2n1. The van der Waals surface area contributed by atoms with Crippen LogP contribution in [-0.4, -0.2) is 25.1 Å². The average molecular weight is 227 g/mol. The molecule has 0 aliphatic rings. The van der Waals surface area contributed by atoms with Crippen LogP contribution < -0.4 is 5.56 Å². The molecule has 2 N–H and O–H groups in total. The number of pyridine rings is 1. The second kappa shape index (κ2) is 3.51. The van der Waals surface area contributed by atoms with Gasteiger partial charge in [0.05, 0.1) is 5.52 Å². The Bertz CT molecular complexity index is 722. The third-order valence-electron chi connectivity index (χ3n) is 2.41. The number of H-pyrrole nitrogens is 2. The smallest absolute Gasteiger partial charge is 0.264 e. The van der Waals surface area contributed by atoms with Crippen molar-refractivity contribution < 1.29 is 0 Å². The van der Waals surface area contributed by atoms with Crippen LogP contribution in [0.4, 0.5) is 0 Å². The van der Waals surface area contributed by atoms with Crippen LogP contribution in [0.3, 0.4) is 0 Å². The topological polar surface area (TPSA) is 87.3 Å². The van der Waals surface area contributed by atoms with Gasteiger partial charge in [-0.2, -0.15) is 5.10 Å². The van der Waals surface area contributed by atoms with E-state index in [4.69, 9.17) is 0 Å². The van der Waals surface area contributed by atoms with Crippen LogP contribution in [0, 0.1) is 6.92 Å². The highest BCUT2D eigenvalue weighted by atomic mass is 16.1. The van der Waals surface area contributed by atoms with Crippen LogP contribution in [0.25, 0.3) is 22.7 Å². The molecular weight excluding hydrogens is 218 g/mol. The Balaban J connectivity index is 2.17. The van der Waals surface area contributed by atoms with E-state index in [2.05, 4.69) is 25.1 Å². The normalized spacial score (nSPS) is 10.9. The fourth-order valence-corrected chi connectivity index (χ4v) is 1.58. The number of hydrogen-bond donors (Lipinski definition) is 2. The fourth-order valence-electron chi connectivity index (χ4n) is 1.58. The van der Waals surface area contributed by atoms with E-state index in [1.165, 1.54) is 6.07 Å². The van der Waals surface area contributed by atoms with Gasteiger partial charge in [-0.05, 0) is 25.1 Å². The molecule has 0 aromatic carbocycles. The summed E-state index contributed by atoms with van der Waals surface area (Å²) in [5.74, 6) is 0.592. The molecule has 3 aromatic rings. The van der Waals surface area contributed by atoms with Gasteiger partial charge in [-0.15, -0.1) is 0 Å². The Morgan fingerprint density at radius 1 is 1.12 bits per heavy atom. The number of aryl methyl sites for hydroxylation is 1. The summed E-state index contributed by atoms with van der Waals surface area (Å²) < 4.78 is 0. The molecule has 3 aromatic heterocycles. The summed E-state index contributed by atoms with van der Waals surface area (Å²) in [6.07, 6.45) is 0. The number of fused-ring (bicyclic) bond motifs is 1. The molecule has 0 radical (unpaired) electrons. The standard InChI is InChI=1S/C11H9N5O/c1-6-2-3-7-10(12-6)14-11(13-7)8-4-5-9(17)16-15-8/h2-5H,1H3,(H,16,17)(H,12,13,14). The van der Waals surface area contributed by atoms with Gasteiger partial charge in [0.1, 0.15) is 5.69 Å². The molecule has 0 amide bonds. The molecule has 0 fully saturated rings. The zero-order valence-corrected chi connectivity index (χ0v) is 9.06. The van der Waals surface area contributed by atoms with E-state index in [1.807, 2.05) is 19.1 Å². The van der Waals surface area contributed by atoms with E-state index < -0.39 is 0 Å². The Morgan fingerprint density at radius 2 is 2.00 bits per heavy atom. The molecule has 0 bridgehead atoms. The van der Waals surface area contributed by atoms with Crippen molar-refractivity contribution in [3.63, 3.8) is 0 Å². The average Bonchev–Trinajstić information content (AvgIpc) is 2.72. The molecule has 6 nitrogen and oxygen atoms in total. The predicted octanol–water partition coefficient (Wildman–Crippen LogP) is 1.02. The lowest BCUT2D eigenvalue weighted by Gasteiger charge is -1.91. The second-order valence-corrected chi connectivity index (χ2v) is 3.72. The van der Waals surface area contributed by atoms with Crippen molar-refractivity contribution in [3.05, 3.63) is 40.3 Å². The van der Waals surface area contributed by atoms with E-state index in [1.54, 1.807) is 6.07 Å². The minimum absolute atomic E-state index is 0.237. The van der Waals surface area contributed by atoms with Gasteiger partial charge < -0.3 is 4.98 Å². The van der Waals surface area contributed by atoms with Crippen molar-refractivity contribution in [3.8, 4) is 11.5 Å². The molecule has 0 spiro atoms. The maximum atomic E-state index is 10.9. The van der Waals surface area contributed by atoms with Crippen LogP contribution in [0.5, 0.6) is 0 Å². The van der Waals surface area contributed by atoms with Gasteiger partial charge in [0.25, 0.3) is 5.56 Å². The van der Waals surface area contributed by atoms with Crippen LogP contribution in [0.1, 0.15) is 5.69 Å². The Labute approximate surface area is 95.8 Å². The van der Waals surface area contributed by atoms with Gasteiger partial charge >= 0.3 is 0 Å². The van der Waals surface area contributed by atoms with Crippen molar-refractivity contribution in [2.45, 2.75) is 6.92 Å². The summed E-state index contributed by atoms with van der Waals surface area (Å²) in [5, 5.41) is 6.28. The summed E-state index contributed by atoms with van der Waals surface area (Å²) in [4.78, 5) is 22.6. The van der Waals surface area contributed by atoms with E-state index >= 15 is 0 Å². The summed E-state index contributed by atoms with van der Waals surface area (Å²) in [6.45, 7) is 1.91. The first-order chi connectivity index (χ1) is 8.22. The largest absolute Gasteiger partial charge is 0.335 e. The van der Waals surface area contributed by atoms with Crippen molar-refractivity contribution >= 4 is 11.2 Å². The maximum absolute atomic E-state index is 10.9. The molecule has 0 atom stereocenters. The van der Waals surface area contributed by atoms with Crippen LogP contribution in [0.15, 0.2) is 29.1 Å². The third kappa shape index (κ3) is 1.69. The Kier molecular flexibility index (Phi) is 2.01. The monoisotopic (exact) mass is 227 g/mol. The van der Waals surface area contributed by atoms with E-state index in [0.717, 1.165) is 11.2 Å². The number of nitrogens with zero attached hydrogens (tertiary/aromatic N) is 3. The third-order valence-corrected chi connectivity index (χ3v) is 2.41. The molecule has 3 rings (SSSR count). The molecule has 84 valence electrons. The molecule has 17 heavy (non-hydrogen) atoms. The number of nitrogens with one attached hydrogen (secondary N) is 2. The first kappa shape index (κ1) is 9.71. The van der Waals surface area contributed by atoms with Crippen molar-refractivity contribution in [2.24, 2.45) is 0 Å². The number of imidazole rings is 1. The van der Waals surface area contributed by atoms with Gasteiger partial charge in [-0.25, -0.2) is 15.1 Å². The maximum Gasteiger partial charge on any atom is 0.264 e. The number of aromatic nitrogens is 5. The van der Waals surface area contributed by atoms with Crippen LogP contribution >= 0.6 is 0 Å². The van der Waals surface area contributed by atoms with Crippen molar-refractivity contribution in [1.82, 2.24) is 25.1 Å². The van der Waals surface area contributed by atoms with E-state index in [9.17, 15) is 4.79 Å².